The Labute approximate surface area is 264 Å². The van der Waals surface area contributed by atoms with Crippen LogP contribution in [0.2, 0.25) is 0 Å². The number of hydrogen-bond donors (Lipinski definition) is 2. The third-order valence-corrected chi connectivity index (χ3v) is 9.79. The average molecular weight is 633 g/mol. The normalized spacial score (nSPS) is 17.8. The Morgan fingerprint density at radius 2 is 1.73 bits per heavy atom. The van der Waals surface area contributed by atoms with Gasteiger partial charge in [0.05, 0.1) is 23.9 Å². The van der Waals surface area contributed by atoms with Crippen LogP contribution in [0.5, 0.6) is 5.75 Å². The molecule has 11 heteroatoms. The van der Waals surface area contributed by atoms with E-state index in [4.69, 9.17) is 9.26 Å². The molecule has 1 aromatic heterocycles. The molecule has 0 bridgehead atoms. The van der Waals surface area contributed by atoms with Crippen molar-refractivity contribution in [3.63, 3.8) is 0 Å². The highest BCUT2D eigenvalue weighted by atomic mass is 32.2. The van der Waals surface area contributed by atoms with Crippen molar-refractivity contribution in [2.75, 3.05) is 31.5 Å². The summed E-state index contributed by atoms with van der Waals surface area (Å²) >= 11 is 0. The van der Waals surface area contributed by atoms with Crippen LogP contribution in [0.1, 0.15) is 41.2 Å². The van der Waals surface area contributed by atoms with E-state index in [1.165, 1.54) is 6.92 Å². The van der Waals surface area contributed by atoms with Gasteiger partial charge in [0.25, 0.3) is 15.9 Å². The molecular formula is C34H40N4O6S. The number of benzene rings is 3. The van der Waals surface area contributed by atoms with Crippen LogP contribution in [0.15, 0.2) is 82.2 Å². The third kappa shape index (κ3) is 7.06. The van der Waals surface area contributed by atoms with E-state index in [-0.39, 0.29) is 51.8 Å². The highest BCUT2D eigenvalue weighted by Gasteiger charge is 2.35. The molecule has 0 unspecified atom stereocenters. The molecule has 0 aliphatic carbocycles. The fourth-order valence-corrected chi connectivity index (χ4v) is 7.11. The monoisotopic (exact) mass is 632 g/mol. The minimum absolute atomic E-state index is 0.0595. The fraction of sp³-hybridized carbons (Fsp3) is 0.353. The summed E-state index contributed by atoms with van der Waals surface area (Å²) in [7, 11) is -2.11. The lowest BCUT2D eigenvalue weighted by molar-refractivity contribution is 0.0344. The largest absolute Gasteiger partial charge is 0.486 e. The van der Waals surface area contributed by atoms with Crippen LogP contribution in [-0.4, -0.2) is 73.3 Å². The minimum atomic E-state index is -4.12. The van der Waals surface area contributed by atoms with Gasteiger partial charge in [0.1, 0.15) is 11.8 Å². The predicted molar refractivity (Wildman–Crippen MR) is 173 cm³/mol. The lowest BCUT2D eigenvalue weighted by Gasteiger charge is -2.38. The highest BCUT2D eigenvalue weighted by molar-refractivity contribution is 7.92. The standard InChI is InChI=1S/C34H40N4O6S/c1-22-18-38(23(2)21-39)34(40)29-12-9-13-30(36-45(41,42)33-24(3)35-44-25(33)4)32(29)43-31(22)20-37(5)19-26-14-16-28(17-15-26)27-10-7-6-8-11-27/h6-17,22-23,31,36,39H,18-21H2,1-5H3/t22-,23-,31-/m0/s1. The van der Waals surface area contributed by atoms with Crippen LogP contribution < -0.4 is 9.46 Å². The van der Waals surface area contributed by atoms with Gasteiger partial charge in [-0.25, -0.2) is 8.42 Å². The topological polar surface area (TPSA) is 125 Å². The summed E-state index contributed by atoms with van der Waals surface area (Å²) in [5.41, 5.74) is 4.01. The van der Waals surface area contributed by atoms with Gasteiger partial charge in [0.15, 0.2) is 16.4 Å². The van der Waals surface area contributed by atoms with Crippen LogP contribution >= 0.6 is 0 Å². The first-order valence-electron chi connectivity index (χ1n) is 15.0. The number of aliphatic hydroxyl groups is 1. The smallest absolute Gasteiger partial charge is 0.267 e. The van der Waals surface area contributed by atoms with E-state index >= 15 is 0 Å². The molecule has 5 rings (SSSR count). The third-order valence-electron chi connectivity index (χ3n) is 8.18. The Bertz CT molecular complexity index is 1720. The number of rotatable bonds is 10. The molecule has 0 saturated heterocycles. The average Bonchev–Trinajstić information content (AvgIpc) is 3.37. The lowest BCUT2D eigenvalue weighted by Crippen LogP contribution is -2.49. The van der Waals surface area contributed by atoms with Gasteiger partial charge in [-0.05, 0) is 56.6 Å². The molecule has 10 nitrogen and oxygen atoms in total. The second kappa shape index (κ2) is 13.4. The Hall–Kier alpha value is -4.19. The molecule has 1 amide bonds. The van der Waals surface area contributed by atoms with Crippen molar-refractivity contribution in [3.8, 4) is 16.9 Å². The molecule has 238 valence electrons. The SMILES string of the molecule is Cc1noc(C)c1S(=O)(=O)Nc1cccc2c1O[C@@H](CN(C)Cc1ccc(-c3ccccc3)cc1)[C@@H](C)CN([C@@H](C)CO)C2=O. The van der Waals surface area contributed by atoms with Crippen LogP contribution in [0.25, 0.3) is 11.1 Å². The Balaban J connectivity index is 1.44. The number of carbonyl (C=O) groups is 1. The molecule has 0 radical (unpaired) electrons. The quantitative estimate of drug-likeness (QED) is 0.247. The van der Waals surface area contributed by atoms with Crippen molar-refractivity contribution in [2.24, 2.45) is 5.92 Å². The number of amides is 1. The molecular weight excluding hydrogens is 592 g/mol. The molecule has 3 atom stereocenters. The van der Waals surface area contributed by atoms with Crippen molar-refractivity contribution in [1.82, 2.24) is 15.0 Å². The minimum Gasteiger partial charge on any atom is -0.486 e. The summed E-state index contributed by atoms with van der Waals surface area (Å²) in [6.07, 6.45) is -0.413. The van der Waals surface area contributed by atoms with Crippen molar-refractivity contribution in [2.45, 2.75) is 51.3 Å². The molecule has 3 aromatic carbocycles. The van der Waals surface area contributed by atoms with E-state index < -0.39 is 22.2 Å². The van der Waals surface area contributed by atoms with Gasteiger partial charge >= 0.3 is 0 Å². The number of carbonyl (C=O) groups excluding carboxylic acids is 1. The van der Waals surface area contributed by atoms with E-state index in [2.05, 4.69) is 51.2 Å². The predicted octanol–water partition coefficient (Wildman–Crippen LogP) is 5.11. The van der Waals surface area contributed by atoms with E-state index in [0.717, 1.165) is 16.7 Å². The number of nitrogens with zero attached hydrogens (tertiary/aromatic N) is 3. The second-order valence-electron chi connectivity index (χ2n) is 11.8. The maximum absolute atomic E-state index is 13.8. The van der Waals surface area contributed by atoms with Crippen LogP contribution in [-0.2, 0) is 16.6 Å². The molecule has 2 heterocycles. The van der Waals surface area contributed by atoms with Gasteiger partial charge in [-0.2, -0.15) is 0 Å². The first-order valence-corrected chi connectivity index (χ1v) is 16.5. The van der Waals surface area contributed by atoms with Crippen molar-refractivity contribution >= 4 is 21.6 Å². The van der Waals surface area contributed by atoms with E-state index in [1.54, 1.807) is 36.9 Å². The first-order chi connectivity index (χ1) is 21.5. The number of likely N-dealkylation sites (N-methyl/N-ethyl adjacent to an activating group) is 1. The number of hydrogen-bond acceptors (Lipinski definition) is 8. The van der Waals surface area contributed by atoms with Gasteiger partial charge in [0.2, 0.25) is 0 Å². The summed E-state index contributed by atoms with van der Waals surface area (Å²) in [6.45, 7) is 8.18. The number of aliphatic hydroxyl groups excluding tert-OH is 1. The Morgan fingerprint density at radius 1 is 1.04 bits per heavy atom. The lowest BCUT2D eigenvalue weighted by atomic mass is 9.98. The first kappa shape index (κ1) is 32.2. The van der Waals surface area contributed by atoms with Gasteiger partial charge < -0.3 is 19.3 Å². The molecule has 2 N–H and O–H groups in total. The highest BCUT2D eigenvalue weighted by Crippen LogP contribution is 2.36. The number of fused-ring (bicyclic) bond motifs is 1. The molecule has 4 aromatic rings. The Morgan fingerprint density at radius 3 is 2.38 bits per heavy atom. The molecule has 1 aliphatic rings. The van der Waals surface area contributed by atoms with Crippen LogP contribution in [0.3, 0.4) is 0 Å². The summed E-state index contributed by atoms with van der Waals surface area (Å²) in [5.74, 6) is -0.192. The summed E-state index contributed by atoms with van der Waals surface area (Å²) in [5, 5.41) is 13.8. The number of aromatic nitrogens is 1. The number of sulfonamides is 1. The zero-order chi connectivity index (χ0) is 32.3. The maximum Gasteiger partial charge on any atom is 0.267 e. The summed E-state index contributed by atoms with van der Waals surface area (Å²) in [6, 6.07) is 23.0. The number of para-hydroxylation sites is 1. The van der Waals surface area contributed by atoms with Gasteiger partial charge in [-0.1, -0.05) is 72.7 Å². The van der Waals surface area contributed by atoms with Crippen molar-refractivity contribution in [3.05, 3.63) is 95.4 Å². The summed E-state index contributed by atoms with van der Waals surface area (Å²) < 4.78 is 41.3. The second-order valence-corrected chi connectivity index (χ2v) is 13.4. The van der Waals surface area contributed by atoms with Crippen LogP contribution in [0.4, 0.5) is 5.69 Å². The van der Waals surface area contributed by atoms with E-state index in [1.807, 2.05) is 32.2 Å². The number of nitrogens with one attached hydrogen (secondary N) is 1. The van der Waals surface area contributed by atoms with Gasteiger partial charge in [-0.15, -0.1) is 0 Å². The zero-order valence-corrected chi connectivity index (χ0v) is 27.0. The molecule has 1 aliphatic heterocycles. The van der Waals surface area contributed by atoms with Crippen molar-refractivity contribution < 1.29 is 27.6 Å². The molecule has 45 heavy (non-hydrogen) atoms. The fourth-order valence-electron chi connectivity index (χ4n) is 5.71. The number of anilines is 1. The van der Waals surface area contributed by atoms with Crippen molar-refractivity contribution in [1.29, 1.82) is 0 Å². The van der Waals surface area contributed by atoms with Gasteiger partial charge in [-0.3, -0.25) is 14.4 Å². The molecule has 0 fully saturated rings. The maximum atomic E-state index is 13.8. The molecule has 0 spiro atoms. The Kier molecular flexibility index (Phi) is 9.62. The van der Waals surface area contributed by atoms with Crippen LogP contribution in [0, 0.1) is 19.8 Å². The molecule has 0 saturated carbocycles. The number of aryl methyl sites for hydroxylation is 2. The van der Waals surface area contributed by atoms with E-state index in [9.17, 15) is 18.3 Å². The van der Waals surface area contributed by atoms with Gasteiger partial charge in [0, 0.05) is 25.6 Å². The zero-order valence-electron chi connectivity index (χ0n) is 26.2. The van der Waals surface area contributed by atoms with E-state index in [0.29, 0.717) is 19.6 Å². The summed E-state index contributed by atoms with van der Waals surface area (Å²) in [4.78, 5) is 17.5. The number of ether oxygens (including phenoxy) is 1.